The van der Waals surface area contributed by atoms with E-state index in [1.165, 1.54) is 154 Å². The molecule has 0 heterocycles. The highest BCUT2D eigenvalue weighted by atomic mass is 31.2. The Balaban J connectivity index is 4.08. The highest BCUT2D eigenvalue weighted by Crippen LogP contribution is 2.38. The van der Waals surface area contributed by atoms with Gasteiger partial charge in [0, 0.05) is 13.2 Å². The summed E-state index contributed by atoms with van der Waals surface area (Å²) in [4.78, 5) is 12.3. The van der Waals surface area contributed by atoms with Gasteiger partial charge in [0.1, 0.15) is 19.3 Å². The maximum atomic E-state index is 12.3. The van der Waals surface area contributed by atoms with E-state index in [-0.39, 0.29) is 13.2 Å². The van der Waals surface area contributed by atoms with Crippen LogP contribution in [0, 0.1) is 5.92 Å². The minimum atomic E-state index is -4.38. The fourth-order valence-corrected chi connectivity index (χ4v) is 6.80. The quantitative estimate of drug-likeness (QED) is 0.0356. The first-order valence-electron chi connectivity index (χ1n) is 21.2. The van der Waals surface area contributed by atoms with Gasteiger partial charge in [-0.2, -0.15) is 0 Å². The Morgan fingerprint density at radius 3 is 1.37 bits per heavy atom. The number of quaternary nitrogens is 1. The molecule has 0 amide bonds. The fourth-order valence-electron chi connectivity index (χ4n) is 6.07. The van der Waals surface area contributed by atoms with Gasteiger partial charge in [0.05, 0.1) is 34.4 Å². The topological polar surface area (TPSA) is 77.1 Å². The summed E-state index contributed by atoms with van der Waals surface area (Å²) in [5.74, 6) is 0.842. The summed E-state index contributed by atoms with van der Waals surface area (Å²) in [6.07, 6.45) is 35.2. The maximum absolute atomic E-state index is 12.3. The van der Waals surface area contributed by atoms with Gasteiger partial charge in [0.25, 0.3) is 7.82 Å². The Morgan fingerprint density at radius 2 is 0.939 bits per heavy atom. The van der Waals surface area contributed by atoms with E-state index in [1.807, 2.05) is 21.1 Å². The van der Waals surface area contributed by atoms with Crippen molar-refractivity contribution in [2.24, 2.45) is 5.92 Å². The molecule has 0 aliphatic rings. The molecule has 0 spiro atoms. The molecule has 0 aliphatic heterocycles. The summed E-state index contributed by atoms with van der Waals surface area (Å²) < 4.78 is 35.3. The highest BCUT2D eigenvalue weighted by molar-refractivity contribution is 7.45. The number of unbranched alkanes of at least 4 members (excludes halogenated alkanes) is 24. The van der Waals surface area contributed by atoms with E-state index < -0.39 is 13.9 Å². The summed E-state index contributed by atoms with van der Waals surface area (Å²) in [7, 11) is 1.61. The number of phosphoric acid groups is 1. The molecule has 2 atom stereocenters. The monoisotopic (exact) mass is 720 g/mol. The Morgan fingerprint density at radius 1 is 0.531 bits per heavy atom. The molecule has 7 nitrogen and oxygen atoms in total. The Hall–Kier alpha value is -0.0100. The molecule has 0 fully saturated rings. The van der Waals surface area contributed by atoms with Gasteiger partial charge in [-0.25, -0.2) is 0 Å². The van der Waals surface area contributed by atoms with E-state index >= 15 is 0 Å². The van der Waals surface area contributed by atoms with Crippen LogP contribution >= 0.6 is 7.82 Å². The van der Waals surface area contributed by atoms with Crippen LogP contribution in [0.1, 0.15) is 194 Å². The van der Waals surface area contributed by atoms with Crippen molar-refractivity contribution in [2.75, 3.05) is 60.7 Å². The smallest absolute Gasteiger partial charge is 0.268 e. The average molecular weight is 720 g/mol. The predicted molar refractivity (Wildman–Crippen MR) is 208 cm³/mol. The zero-order valence-electron chi connectivity index (χ0n) is 33.8. The molecule has 0 radical (unpaired) electrons. The van der Waals surface area contributed by atoms with E-state index in [4.69, 9.17) is 18.5 Å². The van der Waals surface area contributed by atoms with Crippen molar-refractivity contribution in [3.8, 4) is 0 Å². The minimum Gasteiger partial charge on any atom is -0.756 e. The summed E-state index contributed by atoms with van der Waals surface area (Å²) in [6, 6.07) is 0. The molecular weight excluding hydrogens is 633 g/mol. The Kier molecular flexibility index (Phi) is 35.0. The summed E-state index contributed by atoms with van der Waals surface area (Å²) in [5, 5.41) is 0. The molecule has 0 aromatic heterocycles. The second-order valence-corrected chi connectivity index (χ2v) is 17.6. The van der Waals surface area contributed by atoms with E-state index in [2.05, 4.69) is 20.8 Å². The number of likely N-dealkylation sites (N-methyl/N-ethyl adjacent to an activating group) is 1. The molecule has 0 aromatic carbocycles. The van der Waals surface area contributed by atoms with Crippen LogP contribution in [0.4, 0.5) is 0 Å². The van der Waals surface area contributed by atoms with Crippen molar-refractivity contribution in [2.45, 2.75) is 200 Å². The molecular formula is C41H86NO6P. The van der Waals surface area contributed by atoms with E-state index in [9.17, 15) is 9.46 Å². The number of hydrogen-bond acceptors (Lipinski definition) is 6. The second kappa shape index (κ2) is 35.0. The normalized spacial score (nSPS) is 14.1. The van der Waals surface area contributed by atoms with Gasteiger partial charge in [-0.05, 0) is 18.8 Å². The third kappa shape index (κ3) is 40.6. The fraction of sp³-hybridized carbons (Fsp3) is 1.00. The summed E-state index contributed by atoms with van der Waals surface area (Å²) in [5.41, 5.74) is 0. The molecule has 0 aromatic rings. The van der Waals surface area contributed by atoms with Gasteiger partial charge >= 0.3 is 0 Å². The largest absolute Gasteiger partial charge is 0.756 e. The zero-order valence-corrected chi connectivity index (χ0v) is 34.7. The van der Waals surface area contributed by atoms with Crippen LogP contribution in [0.15, 0.2) is 0 Å². The van der Waals surface area contributed by atoms with Crippen molar-refractivity contribution in [3.63, 3.8) is 0 Å². The minimum absolute atomic E-state index is 0.0678. The standard InChI is InChI=1S/C41H86NO6P/c1-7-8-9-10-11-12-13-14-15-16-20-23-26-29-32-36-46-41(39-48-49(43,44)47-37-34-42(4,5)6)38-45-35-31-28-25-22-19-17-18-21-24-27-30-33-40(2)3/h40-41H,7-39H2,1-6H3/t41-/m1/s1. The SMILES string of the molecule is CCCCCCCCCCCCCCCCCO[C@H](COCCCCCCCCCCCCCC(C)C)COP(=O)([O-])OCC[N+](C)(C)C. The molecule has 49 heavy (non-hydrogen) atoms. The van der Waals surface area contributed by atoms with Crippen LogP contribution in [-0.4, -0.2) is 71.3 Å². The summed E-state index contributed by atoms with van der Waals surface area (Å²) >= 11 is 0. The third-order valence-electron chi connectivity index (χ3n) is 9.41. The van der Waals surface area contributed by atoms with E-state index in [0.717, 1.165) is 25.2 Å². The van der Waals surface area contributed by atoms with Crippen molar-refractivity contribution >= 4 is 7.82 Å². The van der Waals surface area contributed by atoms with Crippen molar-refractivity contribution < 1.29 is 32.5 Å². The molecule has 296 valence electrons. The number of ether oxygens (including phenoxy) is 2. The summed E-state index contributed by atoms with van der Waals surface area (Å²) in [6.45, 7) is 9.13. The first-order chi connectivity index (χ1) is 23.6. The number of phosphoric ester groups is 1. The first-order valence-corrected chi connectivity index (χ1v) is 22.6. The van der Waals surface area contributed by atoms with E-state index in [0.29, 0.717) is 30.8 Å². The molecule has 0 bridgehead atoms. The van der Waals surface area contributed by atoms with Gasteiger partial charge in [0.2, 0.25) is 0 Å². The molecule has 0 rings (SSSR count). The van der Waals surface area contributed by atoms with Gasteiger partial charge in [0.15, 0.2) is 0 Å². The molecule has 1 unspecified atom stereocenters. The van der Waals surface area contributed by atoms with Gasteiger partial charge in [-0.15, -0.1) is 0 Å². The number of nitrogens with zero attached hydrogens (tertiary/aromatic N) is 1. The molecule has 8 heteroatoms. The average Bonchev–Trinajstić information content (AvgIpc) is 3.03. The second-order valence-electron chi connectivity index (χ2n) is 16.2. The lowest BCUT2D eigenvalue weighted by molar-refractivity contribution is -0.870. The number of rotatable bonds is 40. The Labute approximate surface area is 306 Å². The number of hydrogen-bond donors (Lipinski definition) is 0. The lowest BCUT2D eigenvalue weighted by Gasteiger charge is -2.28. The van der Waals surface area contributed by atoms with Gasteiger partial charge < -0.3 is 27.9 Å². The van der Waals surface area contributed by atoms with Crippen LogP contribution in [0.25, 0.3) is 0 Å². The van der Waals surface area contributed by atoms with Gasteiger partial charge in [-0.1, -0.05) is 181 Å². The molecule has 0 saturated carbocycles. The van der Waals surface area contributed by atoms with Crippen LogP contribution in [0.5, 0.6) is 0 Å². The van der Waals surface area contributed by atoms with Crippen LogP contribution in [0.3, 0.4) is 0 Å². The van der Waals surface area contributed by atoms with Crippen molar-refractivity contribution in [3.05, 3.63) is 0 Å². The van der Waals surface area contributed by atoms with Crippen molar-refractivity contribution in [1.29, 1.82) is 0 Å². The zero-order chi connectivity index (χ0) is 36.3. The van der Waals surface area contributed by atoms with Gasteiger partial charge in [-0.3, -0.25) is 4.57 Å². The molecule has 0 aliphatic carbocycles. The van der Waals surface area contributed by atoms with Crippen LogP contribution < -0.4 is 4.89 Å². The van der Waals surface area contributed by atoms with Crippen LogP contribution in [0.2, 0.25) is 0 Å². The molecule has 0 N–H and O–H groups in total. The lowest BCUT2D eigenvalue weighted by atomic mass is 10.0. The Bertz CT molecular complexity index is 717. The van der Waals surface area contributed by atoms with E-state index in [1.54, 1.807) is 0 Å². The van der Waals surface area contributed by atoms with Crippen LogP contribution in [-0.2, 0) is 23.1 Å². The highest BCUT2D eigenvalue weighted by Gasteiger charge is 2.18. The maximum Gasteiger partial charge on any atom is 0.268 e. The molecule has 0 saturated heterocycles. The lowest BCUT2D eigenvalue weighted by Crippen LogP contribution is -2.37. The van der Waals surface area contributed by atoms with Crippen molar-refractivity contribution in [1.82, 2.24) is 0 Å². The first kappa shape index (κ1) is 49.0. The predicted octanol–water partition coefficient (Wildman–Crippen LogP) is 11.8. The third-order valence-corrected chi connectivity index (χ3v) is 10.4.